The number of rotatable bonds is 4. The summed E-state index contributed by atoms with van der Waals surface area (Å²) >= 11 is 0. The van der Waals surface area contributed by atoms with Crippen molar-refractivity contribution in [2.24, 2.45) is 17.8 Å². The number of aromatic hydroxyl groups is 1. The Morgan fingerprint density at radius 1 is 1.23 bits per heavy atom. The lowest BCUT2D eigenvalue weighted by molar-refractivity contribution is -0.166. The van der Waals surface area contributed by atoms with E-state index in [0.29, 0.717) is 17.8 Å². The number of phenols is 1. The number of phenolic OH excluding ortho intramolecular Hbond substituents is 1. The molecule has 0 heterocycles. The molecule has 1 saturated carbocycles. The summed E-state index contributed by atoms with van der Waals surface area (Å²) in [6.45, 7) is 12.6. The zero-order valence-electron chi connectivity index (χ0n) is 17.0. The van der Waals surface area contributed by atoms with Crippen LogP contribution >= 0.6 is 0 Å². The van der Waals surface area contributed by atoms with Crippen molar-refractivity contribution < 1.29 is 19.7 Å². The second-order valence-corrected chi connectivity index (χ2v) is 9.23. The van der Waals surface area contributed by atoms with Crippen molar-refractivity contribution in [2.75, 3.05) is 0 Å². The van der Waals surface area contributed by atoms with Gasteiger partial charge in [0.15, 0.2) is 6.10 Å². The van der Waals surface area contributed by atoms with Crippen LogP contribution in [0.2, 0.25) is 0 Å². The molecule has 2 N–H and O–H groups in total. The number of aliphatic hydroxyl groups excluding tert-OH is 1. The second-order valence-electron chi connectivity index (χ2n) is 9.23. The van der Waals surface area contributed by atoms with Crippen molar-refractivity contribution in [3.05, 3.63) is 29.3 Å². The lowest BCUT2D eigenvalue weighted by Gasteiger charge is -2.37. The Labute approximate surface area is 157 Å². The standard InChI is InChI=1S/C22H34O4/c1-13(2)16-9-7-14(3)11-19(16)26-21(25)20(24)17-12-15(22(4,5)6)8-10-18(17)23/h8,10,12-14,16,19-20,23-24H,7,9,11H2,1-6H3/t14-,16+,19-,20-/m1/s1. The molecule has 1 fully saturated rings. The Morgan fingerprint density at radius 3 is 2.46 bits per heavy atom. The van der Waals surface area contributed by atoms with Gasteiger partial charge in [-0.1, -0.05) is 54.0 Å². The molecule has 0 bridgehead atoms. The first kappa shape index (κ1) is 20.8. The average Bonchev–Trinajstić information content (AvgIpc) is 2.53. The summed E-state index contributed by atoms with van der Waals surface area (Å²) in [4.78, 5) is 12.6. The van der Waals surface area contributed by atoms with Gasteiger partial charge >= 0.3 is 5.97 Å². The quantitative estimate of drug-likeness (QED) is 0.760. The number of hydrogen-bond donors (Lipinski definition) is 2. The van der Waals surface area contributed by atoms with E-state index in [2.05, 4.69) is 20.8 Å². The SMILES string of the molecule is CC(C)[C@@H]1CC[C@@H](C)C[C@H]1OC(=O)[C@H](O)c1cc(C(C)(C)C)ccc1O. The average molecular weight is 363 g/mol. The molecule has 4 atom stereocenters. The van der Waals surface area contributed by atoms with E-state index in [9.17, 15) is 15.0 Å². The number of esters is 1. The first-order chi connectivity index (χ1) is 12.0. The third kappa shape index (κ3) is 4.79. The third-order valence-electron chi connectivity index (χ3n) is 5.64. The van der Waals surface area contributed by atoms with E-state index < -0.39 is 12.1 Å². The van der Waals surface area contributed by atoms with Crippen LogP contribution in [0.1, 0.15) is 78.0 Å². The number of aliphatic hydroxyl groups is 1. The summed E-state index contributed by atoms with van der Waals surface area (Å²) in [7, 11) is 0. The highest BCUT2D eigenvalue weighted by atomic mass is 16.6. The molecule has 4 heteroatoms. The van der Waals surface area contributed by atoms with Gasteiger partial charge in [-0.3, -0.25) is 0 Å². The predicted octanol–water partition coefficient (Wildman–Crippen LogP) is 4.73. The number of benzene rings is 1. The largest absolute Gasteiger partial charge is 0.508 e. The molecule has 1 aromatic carbocycles. The summed E-state index contributed by atoms with van der Waals surface area (Å²) in [6, 6.07) is 5.05. The van der Waals surface area contributed by atoms with Gasteiger partial charge in [0, 0.05) is 5.56 Å². The van der Waals surface area contributed by atoms with Gasteiger partial charge in [-0.15, -0.1) is 0 Å². The zero-order valence-corrected chi connectivity index (χ0v) is 17.0. The lowest BCUT2D eigenvalue weighted by Crippen LogP contribution is -2.37. The van der Waals surface area contributed by atoms with E-state index in [4.69, 9.17) is 4.74 Å². The number of carbonyl (C=O) groups excluding carboxylic acids is 1. The Hall–Kier alpha value is -1.55. The van der Waals surface area contributed by atoms with Crippen molar-refractivity contribution in [3.63, 3.8) is 0 Å². The summed E-state index contributed by atoms with van der Waals surface area (Å²) in [5.74, 6) is 0.500. The van der Waals surface area contributed by atoms with Crippen LogP contribution in [-0.2, 0) is 14.9 Å². The Bertz CT molecular complexity index is 630. The molecule has 2 rings (SSSR count). The molecule has 0 aromatic heterocycles. The van der Waals surface area contributed by atoms with Gasteiger partial charge < -0.3 is 14.9 Å². The lowest BCUT2D eigenvalue weighted by atomic mass is 9.75. The Kier molecular flexibility index (Phi) is 6.38. The molecule has 0 unspecified atom stereocenters. The van der Waals surface area contributed by atoms with Gasteiger partial charge in [0.1, 0.15) is 11.9 Å². The summed E-state index contributed by atoms with van der Waals surface area (Å²) in [5, 5.41) is 20.7. The summed E-state index contributed by atoms with van der Waals surface area (Å²) in [5.41, 5.74) is 1.02. The molecular formula is C22H34O4. The van der Waals surface area contributed by atoms with Gasteiger partial charge in [0.2, 0.25) is 0 Å². The molecule has 1 aromatic rings. The van der Waals surface area contributed by atoms with Crippen LogP contribution < -0.4 is 0 Å². The molecule has 26 heavy (non-hydrogen) atoms. The highest BCUT2D eigenvalue weighted by Crippen LogP contribution is 2.37. The molecule has 0 radical (unpaired) electrons. The topological polar surface area (TPSA) is 66.8 Å². The fraction of sp³-hybridized carbons (Fsp3) is 0.682. The molecule has 0 saturated heterocycles. The van der Waals surface area contributed by atoms with Gasteiger partial charge in [-0.2, -0.15) is 0 Å². The molecule has 0 amide bonds. The van der Waals surface area contributed by atoms with Crippen molar-refractivity contribution in [1.82, 2.24) is 0 Å². The fourth-order valence-electron chi connectivity index (χ4n) is 3.83. The Balaban J connectivity index is 2.18. The third-order valence-corrected chi connectivity index (χ3v) is 5.64. The van der Waals surface area contributed by atoms with Crippen molar-refractivity contribution in [3.8, 4) is 5.75 Å². The maximum atomic E-state index is 12.6. The van der Waals surface area contributed by atoms with E-state index >= 15 is 0 Å². The number of carbonyl (C=O) groups is 1. The highest BCUT2D eigenvalue weighted by molar-refractivity contribution is 5.77. The molecule has 0 spiro atoms. The minimum Gasteiger partial charge on any atom is -0.508 e. The van der Waals surface area contributed by atoms with Crippen molar-refractivity contribution in [2.45, 2.75) is 78.4 Å². The molecule has 4 nitrogen and oxygen atoms in total. The van der Waals surface area contributed by atoms with Crippen LogP contribution in [0.15, 0.2) is 18.2 Å². The monoisotopic (exact) mass is 362 g/mol. The maximum Gasteiger partial charge on any atom is 0.340 e. The first-order valence-corrected chi connectivity index (χ1v) is 9.72. The van der Waals surface area contributed by atoms with Gasteiger partial charge in [0.25, 0.3) is 0 Å². The highest BCUT2D eigenvalue weighted by Gasteiger charge is 2.35. The minimum absolute atomic E-state index is 0.0835. The molecule has 1 aliphatic rings. The van der Waals surface area contributed by atoms with Crippen LogP contribution in [0, 0.1) is 17.8 Å². The first-order valence-electron chi connectivity index (χ1n) is 9.72. The molecule has 0 aliphatic heterocycles. The zero-order chi connectivity index (χ0) is 19.6. The molecule has 146 valence electrons. The van der Waals surface area contributed by atoms with Crippen molar-refractivity contribution in [1.29, 1.82) is 0 Å². The van der Waals surface area contributed by atoms with Crippen LogP contribution in [0.25, 0.3) is 0 Å². The van der Waals surface area contributed by atoms with Crippen LogP contribution in [0.5, 0.6) is 5.75 Å². The minimum atomic E-state index is -1.47. The van der Waals surface area contributed by atoms with E-state index in [1.165, 1.54) is 6.07 Å². The second kappa shape index (κ2) is 7.99. The normalized spacial score (nSPS) is 25.2. The van der Waals surface area contributed by atoms with Crippen LogP contribution in [-0.4, -0.2) is 22.3 Å². The summed E-state index contributed by atoms with van der Waals surface area (Å²) in [6.07, 6.45) is 1.37. The van der Waals surface area contributed by atoms with Crippen LogP contribution in [0.3, 0.4) is 0 Å². The number of hydrogen-bond acceptors (Lipinski definition) is 4. The number of ether oxygens (including phenoxy) is 1. The maximum absolute atomic E-state index is 12.6. The molecular weight excluding hydrogens is 328 g/mol. The summed E-state index contributed by atoms with van der Waals surface area (Å²) < 4.78 is 5.73. The van der Waals surface area contributed by atoms with Gasteiger partial charge in [-0.05, 0) is 53.7 Å². The van der Waals surface area contributed by atoms with E-state index in [-0.39, 0.29) is 22.8 Å². The van der Waals surface area contributed by atoms with Crippen molar-refractivity contribution >= 4 is 5.97 Å². The molecule has 1 aliphatic carbocycles. The Morgan fingerprint density at radius 2 is 1.88 bits per heavy atom. The van der Waals surface area contributed by atoms with Gasteiger partial charge in [0.05, 0.1) is 0 Å². The predicted molar refractivity (Wildman–Crippen MR) is 103 cm³/mol. The fourth-order valence-corrected chi connectivity index (χ4v) is 3.83. The van der Waals surface area contributed by atoms with E-state index in [0.717, 1.165) is 24.8 Å². The van der Waals surface area contributed by atoms with Crippen LogP contribution in [0.4, 0.5) is 0 Å². The van der Waals surface area contributed by atoms with E-state index in [1.54, 1.807) is 6.07 Å². The smallest absolute Gasteiger partial charge is 0.340 e. The van der Waals surface area contributed by atoms with Gasteiger partial charge in [-0.25, -0.2) is 4.79 Å². The van der Waals surface area contributed by atoms with E-state index in [1.807, 2.05) is 26.8 Å².